The number of aliphatic hydroxyl groups is 1. The second-order valence-electron chi connectivity index (χ2n) is 14.3. The molecule has 15 heteroatoms. The van der Waals surface area contributed by atoms with E-state index < -0.39 is 86.1 Å². The van der Waals surface area contributed by atoms with E-state index >= 15 is 0 Å². The van der Waals surface area contributed by atoms with E-state index in [1.165, 1.54) is 6.92 Å². The highest BCUT2D eigenvalue weighted by molar-refractivity contribution is 6.74. The van der Waals surface area contributed by atoms with Gasteiger partial charge in [0.2, 0.25) is 0 Å². The third-order valence-corrected chi connectivity index (χ3v) is 25.9. The molecule has 0 amide bonds. The van der Waals surface area contributed by atoms with Crippen molar-refractivity contribution < 1.29 is 56.4 Å². The second-order valence-corrected chi connectivity index (χ2v) is 28.5. The van der Waals surface area contributed by atoms with Crippen molar-refractivity contribution >= 4 is 36.9 Å². The SMILES string of the molecule is CC[Si](CC)(CC)OC1COC(O[C@H]2[C@@H](O[Si](CC)(CC)CC)COC(O)[C@@H]2OC(C)=O)C(OC(=O)c2ccc(OC)cc2)C1O[Si](CC)(CC)CC. The van der Waals surface area contributed by atoms with Crippen LogP contribution in [0.1, 0.15) is 79.6 Å². The molecule has 2 fully saturated rings. The predicted molar refractivity (Wildman–Crippen MR) is 211 cm³/mol. The Kier molecular flexibility index (Phi) is 18.1. The first-order valence-electron chi connectivity index (χ1n) is 19.9. The topological polar surface area (TPSA) is 137 Å². The minimum absolute atomic E-state index is 0.0161. The van der Waals surface area contributed by atoms with Crippen LogP contribution in [0.5, 0.6) is 5.75 Å². The summed E-state index contributed by atoms with van der Waals surface area (Å²) in [6.45, 7) is 20.8. The quantitative estimate of drug-likeness (QED) is 0.0979. The van der Waals surface area contributed by atoms with Crippen LogP contribution in [0.2, 0.25) is 54.4 Å². The second kappa shape index (κ2) is 21.0. The van der Waals surface area contributed by atoms with Crippen molar-refractivity contribution in [1.82, 2.24) is 0 Å². The molecule has 8 atom stereocenters. The van der Waals surface area contributed by atoms with E-state index in [0.29, 0.717) is 11.3 Å². The zero-order chi connectivity index (χ0) is 39.4. The minimum Gasteiger partial charge on any atom is -0.497 e. The van der Waals surface area contributed by atoms with Gasteiger partial charge in [0.15, 0.2) is 49.7 Å². The van der Waals surface area contributed by atoms with Gasteiger partial charge in [-0.15, -0.1) is 0 Å². The van der Waals surface area contributed by atoms with Gasteiger partial charge in [0.25, 0.3) is 0 Å². The molecule has 12 nitrogen and oxygen atoms in total. The Morgan fingerprint density at radius 2 is 1.09 bits per heavy atom. The third-order valence-electron chi connectivity index (χ3n) is 11.9. The van der Waals surface area contributed by atoms with Crippen molar-refractivity contribution in [3.63, 3.8) is 0 Å². The lowest BCUT2D eigenvalue weighted by Crippen LogP contribution is -2.65. The van der Waals surface area contributed by atoms with Crippen molar-refractivity contribution in [2.45, 2.75) is 173 Å². The molecule has 1 N–H and O–H groups in total. The van der Waals surface area contributed by atoms with Gasteiger partial charge in [-0.05, 0) is 78.7 Å². The molecule has 53 heavy (non-hydrogen) atoms. The highest BCUT2D eigenvalue weighted by Gasteiger charge is 2.54. The summed E-state index contributed by atoms with van der Waals surface area (Å²) in [5, 5.41) is 11.1. The fourth-order valence-electron chi connectivity index (χ4n) is 7.57. The summed E-state index contributed by atoms with van der Waals surface area (Å²) in [7, 11) is -5.27. The van der Waals surface area contributed by atoms with Crippen LogP contribution in [0.4, 0.5) is 0 Å². The summed E-state index contributed by atoms with van der Waals surface area (Å²) in [6, 6.07) is 14.6. The molecule has 1 aromatic rings. The van der Waals surface area contributed by atoms with Crippen LogP contribution in [-0.2, 0) is 41.8 Å². The summed E-state index contributed by atoms with van der Waals surface area (Å²) in [5.41, 5.74) is 0.320. The van der Waals surface area contributed by atoms with Crippen LogP contribution in [-0.4, -0.2) is 112 Å². The van der Waals surface area contributed by atoms with Gasteiger partial charge in [-0.1, -0.05) is 62.3 Å². The molecule has 0 saturated carbocycles. The molecule has 1 aromatic carbocycles. The number of esters is 2. The van der Waals surface area contributed by atoms with Crippen LogP contribution < -0.4 is 4.74 Å². The minimum atomic E-state index is -2.36. The number of hydrogen-bond donors (Lipinski definition) is 1. The maximum atomic E-state index is 14.1. The van der Waals surface area contributed by atoms with E-state index in [1.54, 1.807) is 31.4 Å². The van der Waals surface area contributed by atoms with Gasteiger partial charge in [-0.2, -0.15) is 0 Å². The van der Waals surface area contributed by atoms with Crippen LogP contribution >= 0.6 is 0 Å². The normalized spacial score (nSPS) is 26.9. The van der Waals surface area contributed by atoms with Gasteiger partial charge < -0.3 is 46.8 Å². The molecule has 2 heterocycles. The molecule has 2 aliphatic heterocycles. The maximum Gasteiger partial charge on any atom is 0.338 e. The van der Waals surface area contributed by atoms with Crippen LogP contribution in [0.15, 0.2) is 24.3 Å². The zero-order valence-electron chi connectivity index (χ0n) is 34.1. The van der Waals surface area contributed by atoms with Gasteiger partial charge in [-0.25, -0.2) is 4.79 Å². The number of methoxy groups -OCH3 is 1. The van der Waals surface area contributed by atoms with Crippen LogP contribution in [0.25, 0.3) is 0 Å². The Hall–Kier alpha value is -1.67. The Morgan fingerprint density at radius 3 is 1.55 bits per heavy atom. The fourth-order valence-corrected chi connectivity index (χ4v) is 16.1. The summed E-state index contributed by atoms with van der Waals surface area (Å²) in [6.07, 6.45) is -7.90. The Bertz CT molecular complexity index is 1230. The average molecular weight is 801 g/mol. The zero-order valence-corrected chi connectivity index (χ0v) is 37.1. The largest absolute Gasteiger partial charge is 0.497 e. The van der Waals surface area contributed by atoms with E-state index in [1.807, 2.05) is 0 Å². The average Bonchev–Trinajstić information content (AvgIpc) is 3.18. The van der Waals surface area contributed by atoms with Crippen molar-refractivity contribution in [3.05, 3.63) is 29.8 Å². The van der Waals surface area contributed by atoms with Gasteiger partial charge in [-0.3, -0.25) is 4.79 Å². The van der Waals surface area contributed by atoms with E-state index in [2.05, 4.69) is 62.3 Å². The van der Waals surface area contributed by atoms with E-state index in [0.717, 1.165) is 54.4 Å². The van der Waals surface area contributed by atoms with Crippen molar-refractivity contribution in [2.24, 2.45) is 0 Å². The molecule has 5 unspecified atom stereocenters. The summed E-state index contributed by atoms with van der Waals surface area (Å²) >= 11 is 0. The van der Waals surface area contributed by atoms with Crippen LogP contribution in [0, 0.1) is 0 Å². The highest BCUT2D eigenvalue weighted by Crippen LogP contribution is 2.38. The molecule has 0 spiro atoms. The van der Waals surface area contributed by atoms with Crippen molar-refractivity contribution in [1.29, 1.82) is 0 Å². The standard InChI is InChI=1S/C38H68O12Si3/c1-12-51(13-2,14-3)48-30-25-43-37(41)34(45-27(10)39)32(30)47-38-35(46-36(40)28-21-23-29(42-11)24-22-28)33(50-53(18-7,19-8)20-9)31(26-44-38)49-52(15-4,16-5)17-6/h21-24,30-35,37-38,41H,12-20,25-26H2,1-11H3/t30-,31?,32-,33?,34+,35?,37?,38?/m0/s1. The fraction of sp³-hybridized carbons (Fsp3) is 0.789. The Labute approximate surface area is 321 Å². The highest BCUT2D eigenvalue weighted by atomic mass is 28.4. The van der Waals surface area contributed by atoms with Crippen molar-refractivity contribution in [2.75, 3.05) is 20.3 Å². The number of benzene rings is 1. The molecular weight excluding hydrogens is 733 g/mol. The van der Waals surface area contributed by atoms with Gasteiger partial charge in [0.1, 0.15) is 18.0 Å². The lowest BCUT2D eigenvalue weighted by atomic mass is 10.0. The Morgan fingerprint density at radius 1 is 0.642 bits per heavy atom. The number of hydrogen-bond acceptors (Lipinski definition) is 12. The molecule has 3 rings (SSSR count). The van der Waals surface area contributed by atoms with E-state index in [9.17, 15) is 14.7 Å². The lowest BCUT2D eigenvalue weighted by molar-refractivity contribution is -0.326. The molecule has 0 radical (unpaired) electrons. The lowest BCUT2D eigenvalue weighted by Gasteiger charge is -2.49. The maximum absolute atomic E-state index is 14.1. The van der Waals surface area contributed by atoms with Gasteiger partial charge >= 0.3 is 11.9 Å². The predicted octanol–water partition coefficient (Wildman–Crippen LogP) is 7.41. The van der Waals surface area contributed by atoms with E-state index in [4.69, 9.17) is 41.7 Å². The first-order chi connectivity index (χ1) is 25.3. The number of aliphatic hydroxyl groups excluding tert-OH is 1. The monoisotopic (exact) mass is 800 g/mol. The summed E-state index contributed by atoms with van der Waals surface area (Å²) < 4.78 is 57.9. The molecule has 2 saturated heterocycles. The first-order valence-corrected chi connectivity index (χ1v) is 27.5. The summed E-state index contributed by atoms with van der Waals surface area (Å²) in [4.78, 5) is 26.5. The number of rotatable bonds is 21. The molecule has 0 aromatic heterocycles. The molecule has 2 aliphatic rings. The number of ether oxygens (including phenoxy) is 6. The molecule has 0 aliphatic carbocycles. The van der Waals surface area contributed by atoms with Gasteiger partial charge in [0, 0.05) is 6.92 Å². The molecule has 304 valence electrons. The first kappa shape index (κ1) is 45.7. The third kappa shape index (κ3) is 11.2. The molecular formula is C38H68O12Si3. The number of carbonyl (C=O) groups is 2. The summed E-state index contributed by atoms with van der Waals surface area (Å²) in [5.74, 6) is -0.589. The smallest absolute Gasteiger partial charge is 0.338 e. The molecule has 0 bridgehead atoms. The van der Waals surface area contributed by atoms with Crippen molar-refractivity contribution in [3.8, 4) is 5.75 Å². The Balaban J connectivity index is 2.19. The van der Waals surface area contributed by atoms with E-state index in [-0.39, 0.29) is 13.2 Å². The van der Waals surface area contributed by atoms with Gasteiger partial charge in [0.05, 0.1) is 38.1 Å². The van der Waals surface area contributed by atoms with Crippen LogP contribution in [0.3, 0.4) is 0 Å². The number of carbonyl (C=O) groups excluding carboxylic acids is 2.